The molecule has 5 rings (SSSR count). The second-order valence-corrected chi connectivity index (χ2v) is 12.3. The minimum Gasteiger partial charge on any atom is -0.353 e. The summed E-state index contributed by atoms with van der Waals surface area (Å²) in [6.07, 6.45) is 7.24. The number of allylic oxidation sites excluding steroid dienone is 3. The Morgan fingerprint density at radius 3 is 2.59 bits per heavy atom. The van der Waals surface area contributed by atoms with Crippen molar-refractivity contribution in [2.45, 2.75) is 57.8 Å². The fraction of sp³-hybridized carbons (Fsp3) is 0.538. The minimum atomic E-state index is -3.98. The van der Waals surface area contributed by atoms with Gasteiger partial charge in [-0.3, -0.25) is 15.1 Å². The van der Waals surface area contributed by atoms with Gasteiger partial charge in [-0.2, -0.15) is 8.42 Å². The van der Waals surface area contributed by atoms with Crippen molar-refractivity contribution in [1.82, 2.24) is 10.8 Å². The van der Waals surface area contributed by atoms with Gasteiger partial charge >= 0.3 is 10.1 Å². The summed E-state index contributed by atoms with van der Waals surface area (Å²) in [6.45, 7) is 6.66. The largest absolute Gasteiger partial charge is 0.353 e. The molecule has 34 heavy (non-hydrogen) atoms. The maximum absolute atomic E-state index is 13.7. The van der Waals surface area contributed by atoms with E-state index in [0.717, 1.165) is 36.8 Å². The number of fused-ring (bicyclic) bond motifs is 5. The molecule has 5 unspecified atom stereocenters. The molecule has 1 heterocycles. The van der Waals surface area contributed by atoms with Crippen molar-refractivity contribution in [3.63, 3.8) is 0 Å². The lowest BCUT2D eigenvalue weighted by Gasteiger charge is -2.55. The summed E-state index contributed by atoms with van der Waals surface area (Å²) in [5.41, 5.74) is 4.63. The molecule has 182 valence electrons. The van der Waals surface area contributed by atoms with Gasteiger partial charge in [0.2, 0.25) is 5.91 Å². The Bertz CT molecular complexity index is 1200. The first-order chi connectivity index (χ1) is 16.0. The van der Waals surface area contributed by atoms with Crippen LogP contribution in [0.1, 0.15) is 51.5 Å². The number of hydrogen-bond donors (Lipinski definition) is 2. The number of ketones is 1. The maximum atomic E-state index is 13.7. The Kier molecular flexibility index (Phi) is 5.52. The number of nitrogens with one attached hydrogen (secondary N) is 2. The Morgan fingerprint density at radius 2 is 1.85 bits per heavy atom. The summed E-state index contributed by atoms with van der Waals surface area (Å²) < 4.78 is 30.6. The van der Waals surface area contributed by atoms with Crippen LogP contribution in [0.2, 0.25) is 0 Å². The van der Waals surface area contributed by atoms with Crippen LogP contribution in [0.25, 0.3) is 0 Å². The molecule has 2 fully saturated rings. The third-order valence-electron chi connectivity index (χ3n) is 8.83. The molecule has 0 aromatic heterocycles. The Morgan fingerprint density at radius 1 is 1.12 bits per heavy atom. The number of amides is 1. The molecular formula is C26H32N2O5S. The highest BCUT2D eigenvalue weighted by Gasteiger charge is 2.60. The third-order valence-corrected chi connectivity index (χ3v) is 9.98. The number of aryl methyl sites for hydroxylation is 1. The first-order valence-corrected chi connectivity index (χ1v) is 13.4. The van der Waals surface area contributed by atoms with Gasteiger partial charge in [0.25, 0.3) is 0 Å². The van der Waals surface area contributed by atoms with Crippen LogP contribution in [0.15, 0.2) is 52.6 Å². The summed E-state index contributed by atoms with van der Waals surface area (Å²) in [4.78, 5) is 25.9. The zero-order chi connectivity index (χ0) is 24.3. The second-order valence-electron chi connectivity index (χ2n) is 10.8. The summed E-state index contributed by atoms with van der Waals surface area (Å²) >= 11 is 0. The standard InChI is InChI=1S/C26H32N2O5S/c1-16-4-7-18(8-5-16)34(31,32)33-28-22-11-10-20-19-9-6-17-14-23(30)27-13-12-25(17,2)24(19)21(29)15-26(20,22)3/h4-5,7-8,11,14,19-20,24,28H,6,9-10,12-13,15H2,1-3H3,(H,27,30). The number of benzene rings is 1. The van der Waals surface area contributed by atoms with Crippen molar-refractivity contribution >= 4 is 21.8 Å². The fourth-order valence-corrected chi connectivity index (χ4v) is 7.74. The molecule has 1 aromatic rings. The predicted octanol–water partition coefficient (Wildman–Crippen LogP) is 3.57. The highest BCUT2D eigenvalue weighted by molar-refractivity contribution is 7.86. The number of Topliss-reactive ketones (excluding diaryl/α,β-unsaturated/α-hetero) is 1. The molecule has 1 amide bonds. The molecule has 0 bridgehead atoms. The van der Waals surface area contributed by atoms with E-state index >= 15 is 0 Å². The van der Waals surface area contributed by atoms with Gasteiger partial charge in [0.15, 0.2) is 0 Å². The zero-order valence-corrected chi connectivity index (χ0v) is 20.7. The van der Waals surface area contributed by atoms with Gasteiger partial charge in [0.05, 0.1) is 4.90 Å². The third kappa shape index (κ3) is 3.62. The quantitative estimate of drug-likeness (QED) is 0.634. The van der Waals surface area contributed by atoms with Crippen LogP contribution in [-0.2, 0) is 24.0 Å². The first kappa shape index (κ1) is 23.3. The van der Waals surface area contributed by atoms with Gasteiger partial charge in [-0.25, -0.2) is 0 Å². The van der Waals surface area contributed by atoms with E-state index in [-0.39, 0.29) is 39.8 Å². The lowest BCUT2D eigenvalue weighted by molar-refractivity contribution is -0.142. The Labute approximate surface area is 201 Å². The van der Waals surface area contributed by atoms with Gasteiger partial charge in [-0.05, 0) is 56.6 Å². The van der Waals surface area contributed by atoms with E-state index in [1.54, 1.807) is 18.2 Å². The van der Waals surface area contributed by atoms with E-state index in [1.165, 1.54) is 12.1 Å². The summed E-state index contributed by atoms with van der Waals surface area (Å²) in [6, 6.07) is 6.50. The van der Waals surface area contributed by atoms with E-state index in [2.05, 4.69) is 17.7 Å². The average Bonchev–Trinajstić information content (AvgIpc) is 3.01. The molecule has 2 N–H and O–H groups in total. The molecule has 1 aliphatic heterocycles. The van der Waals surface area contributed by atoms with Crippen molar-refractivity contribution in [2.24, 2.45) is 28.6 Å². The van der Waals surface area contributed by atoms with E-state index in [0.29, 0.717) is 18.7 Å². The highest BCUT2D eigenvalue weighted by atomic mass is 32.2. The van der Waals surface area contributed by atoms with E-state index < -0.39 is 15.5 Å². The normalized spacial score (nSPS) is 35.2. The lowest BCUT2D eigenvalue weighted by atomic mass is 9.48. The minimum absolute atomic E-state index is 0.0637. The average molecular weight is 485 g/mol. The van der Waals surface area contributed by atoms with Crippen LogP contribution in [0.3, 0.4) is 0 Å². The van der Waals surface area contributed by atoms with Crippen molar-refractivity contribution in [1.29, 1.82) is 0 Å². The van der Waals surface area contributed by atoms with Crippen LogP contribution in [0.4, 0.5) is 0 Å². The van der Waals surface area contributed by atoms with Crippen LogP contribution in [0, 0.1) is 35.5 Å². The molecular weight excluding hydrogens is 452 g/mol. The Hall–Kier alpha value is -2.45. The number of hydroxylamine groups is 1. The number of hydrogen-bond acceptors (Lipinski definition) is 6. The van der Waals surface area contributed by atoms with Crippen LogP contribution in [-0.4, -0.2) is 26.7 Å². The van der Waals surface area contributed by atoms with Crippen LogP contribution < -0.4 is 10.8 Å². The van der Waals surface area contributed by atoms with Crippen molar-refractivity contribution in [3.8, 4) is 0 Å². The number of carbonyl (C=O) groups excluding carboxylic acids is 2. The summed E-state index contributed by atoms with van der Waals surface area (Å²) in [7, 11) is -3.98. The second kappa shape index (κ2) is 8.05. The van der Waals surface area contributed by atoms with E-state index in [9.17, 15) is 18.0 Å². The first-order valence-electron chi connectivity index (χ1n) is 12.0. The van der Waals surface area contributed by atoms with Gasteiger partial charge in [-0.15, -0.1) is 4.28 Å². The smallest absolute Gasteiger partial charge is 0.317 e. The topological polar surface area (TPSA) is 102 Å². The van der Waals surface area contributed by atoms with Crippen molar-refractivity contribution < 1.29 is 22.3 Å². The number of carbonyl (C=O) groups is 2. The molecule has 1 aromatic carbocycles. The van der Waals surface area contributed by atoms with Gasteiger partial charge in [0, 0.05) is 41.5 Å². The summed E-state index contributed by atoms with van der Waals surface area (Å²) in [5.74, 6) is 0.413. The molecule has 5 atom stereocenters. The monoisotopic (exact) mass is 484 g/mol. The molecule has 8 heteroatoms. The zero-order valence-electron chi connectivity index (χ0n) is 19.9. The van der Waals surface area contributed by atoms with Gasteiger partial charge in [0.1, 0.15) is 5.78 Å². The molecule has 0 radical (unpaired) electrons. The van der Waals surface area contributed by atoms with Crippen molar-refractivity contribution in [2.75, 3.05) is 6.54 Å². The summed E-state index contributed by atoms with van der Waals surface area (Å²) in [5, 5.41) is 2.92. The molecule has 3 aliphatic carbocycles. The molecule has 4 aliphatic rings. The molecule has 0 saturated heterocycles. The highest BCUT2D eigenvalue weighted by Crippen LogP contribution is 2.63. The van der Waals surface area contributed by atoms with E-state index in [4.69, 9.17) is 4.28 Å². The lowest BCUT2D eigenvalue weighted by Crippen LogP contribution is -2.54. The molecule has 7 nitrogen and oxygen atoms in total. The van der Waals surface area contributed by atoms with Crippen molar-refractivity contribution in [3.05, 3.63) is 53.3 Å². The van der Waals surface area contributed by atoms with Gasteiger partial charge < -0.3 is 5.32 Å². The fourth-order valence-electron chi connectivity index (χ4n) is 6.98. The number of rotatable bonds is 4. The molecule has 2 saturated carbocycles. The van der Waals surface area contributed by atoms with Crippen LogP contribution >= 0.6 is 0 Å². The van der Waals surface area contributed by atoms with Crippen LogP contribution in [0.5, 0.6) is 0 Å². The maximum Gasteiger partial charge on any atom is 0.317 e. The van der Waals surface area contributed by atoms with Gasteiger partial charge in [-0.1, -0.05) is 43.2 Å². The molecule has 0 spiro atoms. The Balaban J connectivity index is 1.37. The SMILES string of the molecule is Cc1ccc(S(=O)(=O)ONC2=CCC3C4CCC5=CC(=O)NCCC5(C)C4C(=O)CC23C)cc1. The predicted molar refractivity (Wildman–Crippen MR) is 127 cm³/mol. The van der Waals surface area contributed by atoms with E-state index in [1.807, 2.05) is 19.9 Å².